The molecule has 1 aliphatic rings. The SMILES string of the molecule is CNCC(C)(CN1CCCC(N(C)C)C1)c1ccccc1. The van der Waals surface area contributed by atoms with Crippen molar-refractivity contribution in [1.29, 1.82) is 0 Å². The van der Waals surface area contributed by atoms with Crippen LogP contribution in [0.25, 0.3) is 0 Å². The highest BCUT2D eigenvalue weighted by Gasteiger charge is 2.31. The van der Waals surface area contributed by atoms with Crippen LogP contribution in [0.15, 0.2) is 30.3 Å². The van der Waals surface area contributed by atoms with Crippen molar-refractivity contribution in [2.45, 2.75) is 31.2 Å². The van der Waals surface area contributed by atoms with Gasteiger partial charge in [-0.1, -0.05) is 37.3 Å². The van der Waals surface area contributed by atoms with E-state index in [2.05, 4.69) is 73.5 Å². The maximum atomic E-state index is 3.39. The topological polar surface area (TPSA) is 18.5 Å². The van der Waals surface area contributed by atoms with E-state index in [4.69, 9.17) is 0 Å². The number of likely N-dealkylation sites (tertiary alicyclic amines) is 1. The Balaban J connectivity index is 2.09. The first-order valence-electron chi connectivity index (χ1n) is 8.14. The molecule has 0 amide bonds. The zero-order chi connectivity index (χ0) is 15.3. The molecule has 1 aliphatic heterocycles. The summed E-state index contributed by atoms with van der Waals surface area (Å²) >= 11 is 0. The quantitative estimate of drug-likeness (QED) is 0.866. The molecule has 1 aromatic rings. The second-order valence-corrected chi connectivity index (χ2v) is 6.95. The van der Waals surface area contributed by atoms with Crippen LogP contribution in [0.5, 0.6) is 0 Å². The van der Waals surface area contributed by atoms with Crippen molar-refractivity contribution in [1.82, 2.24) is 15.1 Å². The molecule has 0 bridgehead atoms. The van der Waals surface area contributed by atoms with Crippen LogP contribution < -0.4 is 5.32 Å². The van der Waals surface area contributed by atoms with E-state index in [0.717, 1.165) is 13.1 Å². The number of nitrogens with zero attached hydrogens (tertiary/aromatic N) is 2. The summed E-state index contributed by atoms with van der Waals surface area (Å²) in [6.07, 6.45) is 2.64. The van der Waals surface area contributed by atoms with Gasteiger partial charge < -0.3 is 15.1 Å². The van der Waals surface area contributed by atoms with E-state index in [1.807, 2.05) is 0 Å². The Bertz CT molecular complexity index is 418. The summed E-state index contributed by atoms with van der Waals surface area (Å²) in [5, 5.41) is 3.39. The normalized spacial score (nSPS) is 23.2. The molecule has 0 aromatic heterocycles. The summed E-state index contributed by atoms with van der Waals surface area (Å²) in [6.45, 7) is 6.95. The standard InChI is InChI=1S/C18H31N3/c1-18(14-19-2,16-9-6-5-7-10-16)15-21-12-8-11-17(13-21)20(3)4/h5-7,9-10,17,19H,8,11-15H2,1-4H3. The molecule has 2 atom stereocenters. The molecule has 1 aromatic carbocycles. The summed E-state index contributed by atoms with van der Waals surface area (Å²) in [7, 11) is 6.47. The van der Waals surface area contributed by atoms with Crippen LogP contribution in [0.4, 0.5) is 0 Å². The molecule has 2 unspecified atom stereocenters. The third kappa shape index (κ3) is 4.29. The van der Waals surface area contributed by atoms with Crippen LogP contribution in [-0.2, 0) is 5.41 Å². The molecule has 2 rings (SSSR count). The molecule has 0 radical (unpaired) electrons. The molecule has 0 aliphatic carbocycles. The monoisotopic (exact) mass is 289 g/mol. The Kier molecular flexibility index (Phi) is 5.80. The summed E-state index contributed by atoms with van der Waals surface area (Å²) in [5.74, 6) is 0. The molecule has 118 valence electrons. The molecule has 1 fully saturated rings. The number of nitrogens with one attached hydrogen (secondary N) is 1. The molecule has 0 saturated carbocycles. The molecule has 3 nitrogen and oxygen atoms in total. The van der Waals surface area contributed by atoms with Crippen LogP contribution in [0.3, 0.4) is 0 Å². The van der Waals surface area contributed by atoms with E-state index in [1.165, 1.54) is 31.5 Å². The fourth-order valence-electron chi connectivity index (χ4n) is 3.57. The maximum absolute atomic E-state index is 3.39. The Hall–Kier alpha value is -0.900. The van der Waals surface area contributed by atoms with Gasteiger partial charge in [-0.2, -0.15) is 0 Å². The number of piperidine rings is 1. The van der Waals surface area contributed by atoms with Gasteiger partial charge in [-0.05, 0) is 46.1 Å². The number of benzene rings is 1. The third-order valence-corrected chi connectivity index (χ3v) is 4.82. The molecule has 0 spiro atoms. The van der Waals surface area contributed by atoms with Crippen molar-refractivity contribution in [2.24, 2.45) is 0 Å². The first kappa shape index (κ1) is 16.5. The fourth-order valence-corrected chi connectivity index (χ4v) is 3.57. The largest absolute Gasteiger partial charge is 0.319 e. The van der Waals surface area contributed by atoms with Gasteiger partial charge in [0.1, 0.15) is 0 Å². The van der Waals surface area contributed by atoms with E-state index in [1.54, 1.807) is 0 Å². The molecule has 21 heavy (non-hydrogen) atoms. The third-order valence-electron chi connectivity index (χ3n) is 4.82. The average molecular weight is 289 g/mol. The van der Waals surface area contributed by atoms with Gasteiger partial charge in [-0.25, -0.2) is 0 Å². The maximum Gasteiger partial charge on any atom is 0.0217 e. The minimum atomic E-state index is 0.171. The summed E-state index contributed by atoms with van der Waals surface area (Å²) in [5.41, 5.74) is 1.61. The van der Waals surface area contributed by atoms with Crippen molar-refractivity contribution in [3.63, 3.8) is 0 Å². The first-order valence-corrected chi connectivity index (χ1v) is 8.14. The van der Waals surface area contributed by atoms with Gasteiger partial charge in [-0.15, -0.1) is 0 Å². The predicted molar refractivity (Wildman–Crippen MR) is 90.9 cm³/mol. The van der Waals surface area contributed by atoms with Gasteiger partial charge in [-0.3, -0.25) is 0 Å². The van der Waals surface area contributed by atoms with Gasteiger partial charge in [0.15, 0.2) is 0 Å². The lowest BCUT2D eigenvalue weighted by Crippen LogP contribution is -2.51. The van der Waals surface area contributed by atoms with Crippen LogP contribution in [0, 0.1) is 0 Å². The smallest absolute Gasteiger partial charge is 0.0217 e. The highest BCUT2D eigenvalue weighted by Crippen LogP contribution is 2.26. The highest BCUT2D eigenvalue weighted by molar-refractivity contribution is 5.25. The van der Waals surface area contributed by atoms with Gasteiger partial charge in [0.2, 0.25) is 0 Å². The molecule has 3 heteroatoms. The minimum absolute atomic E-state index is 0.171. The lowest BCUT2D eigenvalue weighted by molar-refractivity contribution is 0.112. The van der Waals surface area contributed by atoms with Crippen molar-refractivity contribution < 1.29 is 0 Å². The van der Waals surface area contributed by atoms with E-state index >= 15 is 0 Å². The lowest BCUT2D eigenvalue weighted by Gasteiger charge is -2.41. The van der Waals surface area contributed by atoms with E-state index in [9.17, 15) is 0 Å². The number of likely N-dealkylation sites (N-methyl/N-ethyl adjacent to an activating group) is 2. The Morgan fingerprint density at radius 2 is 2.00 bits per heavy atom. The van der Waals surface area contributed by atoms with Crippen LogP contribution in [0.2, 0.25) is 0 Å². The van der Waals surface area contributed by atoms with Crippen LogP contribution in [-0.4, -0.2) is 63.2 Å². The highest BCUT2D eigenvalue weighted by atomic mass is 15.2. The number of hydrogen-bond donors (Lipinski definition) is 1. The van der Waals surface area contributed by atoms with Crippen LogP contribution >= 0.6 is 0 Å². The zero-order valence-electron chi connectivity index (χ0n) is 14.1. The predicted octanol–water partition coefficient (Wildman–Crippen LogP) is 2.19. The second kappa shape index (κ2) is 7.39. The van der Waals surface area contributed by atoms with Gasteiger partial charge in [0.25, 0.3) is 0 Å². The summed E-state index contributed by atoms with van der Waals surface area (Å²) in [4.78, 5) is 5.03. The first-order chi connectivity index (χ1) is 10.0. The van der Waals surface area contributed by atoms with Crippen molar-refractivity contribution in [3.05, 3.63) is 35.9 Å². The number of hydrogen-bond acceptors (Lipinski definition) is 3. The Morgan fingerprint density at radius 1 is 1.29 bits per heavy atom. The molecular formula is C18H31N3. The average Bonchev–Trinajstić information content (AvgIpc) is 2.48. The van der Waals surface area contributed by atoms with Crippen LogP contribution in [0.1, 0.15) is 25.3 Å². The Morgan fingerprint density at radius 3 is 2.62 bits per heavy atom. The summed E-state index contributed by atoms with van der Waals surface area (Å²) in [6, 6.07) is 11.7. The lowest BCUT2D eigenvalue weighted by atomic mass is 9.81. The van der Waals surface area contributed by atoms with E-state index in [0.29, 0.717) is 6.04 Å². The fraction of sp³-hybridized carbons (Fsp3) is 0.667. The zero-order valence-corrected chi connectivity index (χ0v) is 14.1. The van der Waals surface area contributed by atoms with Crippen molar-refractivity contribution in [3.8, 4) is 0 Å². The second-order valence-electron chi connectivity index (χ2n) is 6.95. The van der Waals surface area contributed by atoms with E-state index in [-0.39, 0.29) is 5.41 Å². The summed E-state index contributed by atoms with van der Waals surface area (Å²) < 4.78 is 0. The van der Waals surface area contributed by atoms with E-state index < -0.39 is 0 Å². The molecule has 1 N–H and O–H groups in total. The van der Waals surface area contributed by atoms with Gasteiger partial charge in [0.05, 0.1) is 0 Å². The number of rotatable bonds is 6. The molecule has 1 heterocycles. The molecule has 1 saturated heterocycles. The van der Waals surface area contributed by atoms with Gasteiger partial charge >= 0.3 is 0 Å². The minimum Gasteiger partial charge on any atom is -0.319 e. The van der Waals surface area contributed by atoms with Gasteiger partial charge in [0, 0.05) is 31.1 Å². The van der Waals surface area contributed by atoms with Crippen molar-refractivity contribution in [2.75, 3.05) is 47.3 Å². The molecular weight excluding hydrogens is 258 g/mol. The Labute approximate surface area is 130 Å². The van der Waals surface area contributed by atoms with Crippen molar-refractivity contribution >= 4 is 0 Å².